The molecule has 0 heterocycles. The number of hydrogen-bond donors (Lipinski definition) is 3. The molecule has 0 aromatic carbocycles. The van der Waals surface area contributed by atoms with E-state index in [1.807, 2.05) is 0 Å². The van der Waals surface area contributed by atoms with Crippen molar-refractivity contribution in [1.29, 1.82) is 0 Å². The molecule has 0 aromatic heterocycles. The second-order valence-electron chi connectivity index (χ2n) is 31.4. The van der Waals surface area contributed by atoms with Gasteiger partial charge in [-0.15, -0.1) is 0 Å². The van der Waals surface area contributed by atoms with Crippen LogP contribution >= 0.6 is 15.6 Å². The highest BCUT2D eigenvalue weighted by Gasteiger charge is 2.30. The summed E-state index contributed by atoms with van der Waals surface area (Å²) in [7, 11) is -9.93. The highest BCUT2D eigenvalue weighted by molar-refractivity contribution is 7.47. The summed E-state index contributed by atoms with van der Waals surface area (Å²) in [5, 5.41) is 10.7. The average Bonchev–Trinajstić information content (AvgIpc) is 0.925. The number of carbonyl (C=O) groups excluding carboxylic acids is 4. The predicted octanol–water partition coefficient (Wildman–Crippen LogP) is 25.3. The third-order valence-electron chi connectivity index (χ3n) is 20.0. The van der Waals surface area contributed by atoms with Gasteiger partial charge in [-0.1, -0.05) is 389 Å². The van der Waals surface area contributed by atoms with E-state index in [2.05, 4.69) is 48.5 Å². The van der Waals surface area contributed by atoms with Gasteiger partial charge in [-0.25, -0.2) is 9.13 Å². The van der Waals surface area contributed by atoms with Crippen molar-refractivity contribution in [2.75, 3.05) is 39.6 Å². The molecule has 0 fully saturated rings. The summed E-state index contributed by atoms with van der Waals surface area (Å²) in [5.41, 5.74) is 0. The quantitative estimate of drug-likeness (QED) is 0.0222. The molecule has 0 aliphatic rings. The van der Waals surface area contributed by atoms with E-state index in [0.717, 1.165) is 108 Å². The molecule has 0 aromatic rings. The Bertz CT molecular complexity index is 1990. The minimum Gasteiger partial charge on any atom is -0.462 e. The first-order chi connectivity index (χ1) is 49.8. The van der Waals surface area contributed by atoms with E-state index in [4.69, 9.17) is 37.0 Å². The molecule has 0 saturated carbocycles. The molecule has 612 valence electrons. The van der Waals surface area contributed by atoms with Crippen molar-refractivity contribution in [1.82, 2.24) is 0 Å². The van der Waals surface area contributed by atoms with E-state index < -0.39 is 97.5 Å². The first-order valence-corrected chi connectivity index (χ1v) is 46.4. The summed E-state index contributed by atoms with van der Waals surface area (Å²) in [6.45, 7) is 12.0. The molecule has 0 aliphatic carbocycles. The van der Waals surface area contributed by atoms with E-state index in [9.17, 15) is 43.2 Å². The van der Waals surface area contributed by atoms with Crippen LogP contribution in [0.5, 0.6) is 0 Å². The molecule has 3 N–H and O–H groups in total. The van der Waals surface area contributed by atoms with Crippen molar-refractivity contribution in [3.63, 3.8) is 0 Å². The third kappa shape index (κ3) is 76.6. The Morgan fingerprint density at radius 2 is 0.495 bits per heavy atom. The summed E-state index contributed by atoms with van der Waals surface area (Å²) in [6, 6.07) is 0. The lowest BCUT2D eigenvalue weighted by Gasteiger charge is -2.21. The maximum absolute atomic E-state index is 13.1. The van der Waals surface area contributed by atoms with Crippen molar-refractivity contribution >= 4 is 39.5 Å². The molecule has 0 saturated heterocycles. The van der Waals surface area contributed by atoms with Crippen LogP contribution in [0.25, 0.3) is 0 Å². The molecular weight excluding hydrogens is 1340 g/mol. The van der Waals surface area contributed by atoms with Crippen molar-refractivity contribution in [2.24, 2.45) is 17.8 Å². The molecule has 103 heavy (non-hydrogen) atoms. The van der Waals surface area contributed by atoms with Gasteiger partial charge in [0.05, 0.1) is 26.4 Å². The number of aliphatic hydroxyl groups excluding tert-OH is 1. The van der Waals surface area contributed by atoms with Gasteiger partial charge in [0.2, 0.25) is 0 Å². The Morgan fingerprint density at radius 3 is 0.738 bits per heavy atom. The second-order valence-corrected chi connectivity index (χ2v) is 34.3. The molecule has 0 amide bonds. The number of rotatable bonds is 82. The number of unbranched alkanes of at least 4 members (excludes halogenated alkanes) is 49. The summed E-state index contributed by atoms with van der Waals surface area (Å²) in [6.07, 6.45) is 63.7. The van der Waals surface area contributed by atoms with E-state index in [1.165, 1.54) is 250 Å². The van der Waals surface area contributed by atoms with E-state index in [1.54, 1.807) is 0 Å². The summed E-state index contributed by atoms with van der Waals surface area (Å²) in [4.78, 5) is 73.2. The summed E-state index contributed by atoms with van der Waals surface area (Å²) >= 11 is 0. The number of esters is 4. The largest absolute Gasteiger partial charge is 0.472 e. The molecule has 0 aliphatic heterocycles. The average molecular weight is 1510 g/mol. The lowest BCUT2D eigenvalue weighted by molar-refractivity contribution is -0.161. The van der Waals surface area contributed by atoms with Gasteiger partial charge in [-0.05, 0) is 43.4 Å². The van der Waals surface area contributed by atoms with Crippen LogP contribution < -0.4 is 0 Å². The topological polar surface area (TPSA) is 237 Å². The van der Waals surface area contributed by atoms with E-state index in [-0.39, 0.29) is 25.7 Å². The Morgan fingerprint density at radius 1 is 0.282 bits per heavy atom. The number of ether oxygens (including phenoxy) is 4. The zero-order chi connectivity index (χ0) is 75.8. The fourth-order valence-electron chi connectivity index (χ4n) is 13.0. The Labute approximate surface area is 632 Å². The number of hydrogen-bond acceptors (Lipinski definition) is 15. The van der Waals surface area contributed by atoms with Gasteiger partial charge in [0.25, 0.3) is 0 Å². The maximum Gasteiger partial charge on any atom is 0.472 e. The zero-order valence-corrected chi connectivity index (χ0v) is 69.6. The Balaban J connectivity index is 5.27. The van der Waals surface area contributed by atoms with Crippen LogP contribution in [0.2, 0.25) is 0 Å². The van der Waals surface area contributed by atoms with Crippen LogP contribution in [0.15, 0.2) is 0 Å². The van der Waals surface area contributed by atoms with E-state index in [0.29, 0.717) is 25.7 Å². The van der Waals surface area contributed by atoms with Crippen LogP contribution in [0.3, 0.4) is 0 Å². The lowest BCUT2D eigenvalue weighted by Crippen LogP contribution is -2.30. The standard InChI is InChI=1S/C84H164O17P2/c1-8-10-11-12-13-14-15-16-17-18-19-27-32-37-46-53-60-67-84(89)101-80(72-95-82(87)66-59-52-45-40-39-43-50-57-64-77(7)9-2)74-99-103(92,93)97-70-78(85)69-96-102(90,91)98-73-79(100-83(88)68-61-54-47-38-33-28-23-21-25-30-35-42-49-56-63-76(5)6)71-94-81(86)65-58-51-44-36-31-26-22-20-24-29-34-41-48-55-62-75(3)4/h75-80,85H,8-74H2,1-7H3,(H,90,91)(H,92,93)/t77?,78-,79-,80-/m1/s1. The second kappa shape index (κ2) is 74.2. The van der Waals surface area contributed by atoms with Gasteiger partial charge in [0, 0.05) is 25.7 Å². The van der Waals surface area contributed by atoms with E-state index >= 15 is 0 Å². The van der Waals surface area contributed by atoms with Crippen LogP contribution in [0, 0.1) is 17.8 Å². The lowest BCUT2D eigenvalue weighted by atomic mass is 9.99. The monoisotopic (exact) mass is 1510 g/mol. The molecule has 0 radical (unpaired) electrons. The van der Waals surface area contributed by atoms with Crippen molar-refractivity contribution in [2.45, 2.75) is 458 Å². The van der Waals surface area contributed by atoms with Gasteiger partial charge in [0.15, 0.2) is 12.2 Å². The molecule has 19 heteroatoms. The van der Waals surface area contributed by atoms with Gasteiger partial charge >= 0.3 is 39.5 Å². The van der Waals surface area contributed by atoms with Crippen LogP contribution in [0.1, 0.15) is 440 Å². The highest BCUT2D eigenvalue weighted by Crippen LogP contribution is 2.45. The van der Waals surface area contributed by atoms with Crippen LogP contribution in [0.4, 0.5) is 0 Å². The molecule has 0 spiro atoms. The smallest absolute Gasteiger partial charge is 0.462 e. The Hall–Kier alpha value is -1.94. The van der Waals surface area contributed by atoms with Crippen molar-refractivity contribution in [3.8, 4) is 0 Å². The molecule has 6 atom stereocenters. The zero-order valence-electron chi connectivity index (χ0n) is 67.8. The maximum atomic E-state index is 13.1. The number of phosphoric ester groups is 2. The fraction of sp³-hybridized carbons (Fsp3) is 0.952. The van der Waals surface area contributed by atoms with Gasteiger partial charge in [0.1, 0.15) is 19.3 Å². The fourth-order valence-corrected chi connectivity index (χ4v) is 14.6. The Kier molecular flexibility index (Phi) is 72.8. The normalized spacial score (nSPS) is 14.2. The highest BCUT2D eigenvalue weighted by atomic mass is 31.2. The minimum atomic E-state index is -4.96. The minimum absolute atomic E-state index is 0.108. The van der Waals surface area contributed by atoms with Crippen molar-refractivity contribution < 1.29 is 80.2 Å². The van der Waals surface area contributed by atoms with Gasteiger partial charge < -0.3 is 33.8 Å². The summed E-state index contributed by atoms with van der Waals surface area (Å²) < 4.78 is 68.9. The first kappa shape index (κ1) is 101. The molecule has 0 bridgehead atoms. The number of phosphoric acid groups is 2. The van der Waals surface area contributed by atoms with Crippen LogP contribution in [-0.4, -0.2) is 96.7 Å². The third-order valence-corrected chi connectivity index (χ3v) is 21.9. The number of aliphatic hydroxyl groups is 1. The van der Waals surface area contributed by atoms with Gasteiger partial charge in [-0.2, -0.15) is 0 Å². The van der Waals surface area contributed by atoms with Gasteiger partial charge in [-0.3, -0.25) is 37.3 Å². The number of carbonyl (C=O) groups is 4. The molecular formula is C84H164O17P2. The van der Waals surface area contributed by atoms with Crippen molar-refractivity contribution in [3.05, 3.63) is 0 Å². The first-order valence-electron chi connectivity index (χ1n) is 43.4. The molecule has 0 rings (SSSR count). The molecule has 3 unspecified atom stereocenters. The predicted molar refractivity (Wildman–Crippen MR) is 423 cm³/mol. The van der Waals surface area contributed by atoms with Crippen LogP contribution in [-0.2, 0) is 65.4 Å². The summed E-state index contributed by atoms with van der Waals surface area (Å²) in [5.74, 6) is 0.266. The molecule has 17 nitrogen and oxygen atoms in total. The SMILES string of the molecule is CCCCCCCCCCCCCCCCCCCC(=O)O[C@H](COC(=O)CCCCCCCCCCC(C)CC)COP(=O)(O)OC[C@H](O)COP(=O)(O)OC[C@@H](COC(=O)CCCCCCCCCCCCCCCCC(C)C)OC(=O)CCCCCCCCCCCCCCCCC(C)C.